The Kier molecular flexibility index (Phi) is 3.71. The number of hydrogen-bond donors (Lipinski definition) is 1. The molecule has 1 aromatic heterocycles. The minimum absolute atomic E-state index is 0.670. The van der Waals surface area contributed by atoms with E-state index >= 15 is 0 Å². The minimum atomic E-state index is 0.670. The largest absolute Gasteiger partial charge is 0.368 e. The fraction of sp³-hybridized carbons (Fsp3) is 0.556. The van der Waals surface area contributed by atoms with Crippen LogP contribution >= 0.6 is 11.3 Å². The number of rotatable bonds is 4. The summed E-state index contributed by atoms with van der Waals surface area (Å²) in [5.41, 5.74) is 1.69. The molecule has 0 aromatic carbocycles. The van der Waals surface area contributed by atoms with E-state index in [1.54, 1.807) is 5.51 Å². The van der Waals surface area contributed by atoms with Crippen molar-refractivity contribution in [2.75, 3.05) is 11.9 Å². The van der Waals surface area contributed by atoms with Crippen LogP contribution in [0.2, 0.25) is 0 Å². The summed E-state index contributed by atoms with van der Waals surface area (Å²) in [5, 5.41) is 11.8. The highest BCUT2D eigenvalue weighted by molar-refractivity contribution is 7.10. The van der Waals surface area contributed by atoms with Crippen LogP contribution < -0.4 is 5.32 Å². The average Bonchev–Trinajstić information content (AvgIpc) is 2.51. The second kappa shape index (κ2) is 4.83. The molecule has 1 rings (SSSR count). The first kappa shape index (κ1) is 10.0. The molecule has 13 heavy (non-hydrogen) atoms. The van der Waals surface area contributed by atoms with E-state index in [-0.39, 0.29) is 0 Å². The number of anilines is 1. The van der Waals surface area contributed by atoms with Gasteiger partial charge < -0.3 is 5.32 Å². The summed E-state index contributed by atoms with van der Waals surface area (Å²) < 4.78 is 0. The van der Waals surface area contributed by atoms with Gasteiger partial charge >= 0.3 is 0 Å². The molecule has 4 heteroatoms. The molecule has 1 heterocycles. The molecule has 0 unspecified atom stereocenters. The Labute approximate surface area is 82.4 Å². The fourth-order valence-electron chi connectivity index (χ4n) is 0.931. The molecule has 0 fully saturated rings. The van der Waals surface area contributed by atoms with Crippen molar-refractivity contribution in [3.05, 3.63) is 10.4 Å². The molecule has 1 aromatic rings. The molecule has 0 aliphatic heterocycles. The molecule has 0 bridgehead atoms. The zero-order valence-corrected chi connectivity index (χ0v) is 8.69. The summed E-state index contributed by atoms with van der Waals surface area (Å²) in [4.78, 5) is 4.74. The van der Waals surface area contributed by atoms with Crippen molar-refractivity contribution in [1.29, 1.82) is 5.26 Å². The summed E-state index contributed by atoms with van der Waals surface area (Å²) >= 11 is 1.37. The predicted octanol–water partition coefficient (Wildman–Crippen LogP) is 2.47. The fourth-order valence-corrected chi connectivity index (χ4v) is 1.48. The van der Waals surface area contributed by atoms with Gasteiger partial charge in [-0.05, 0) is 12.3 Å². The van der Waals surface area contributed by atoms with E-state index in [0.717, 1.165) is 18.8 Å². The Morgan fingerprint density at radius 1 is 1.69 bits per heavy atom. The van der Waals surface area contributed by atoms with Gasteiger partial charge in [-0.2, -0.15) is 5.26 Å². The van der Waals surface area contributed by atoms with Gasteiger partial charge in [0.15, 0.2) is 5.82 Å². The summed E-state index contributed by atoms with van der Waals surface area (Å²) in [6, 6.07) is 2.11. The third kappa shape index (κ3) is 3.03. The number of hydrogen-bond acceptors (Lipinski definition) is 4. The first-order valence-corrected chi connectivity index (χ1v) is 5.19. The zero-order valence-electron chi connectivity index (χ0n) is 7.87. The summed E-state index contributed by atoms with van der Waals surface area (Å²) in [7, 11) is 0. The van der Waals surface area contributed by atoms with E-state index < -0.39 is 0 Å². The Balaban J connectivity index is 2.41. The van der Waals surface area contributed by atoms with Gasteiger partial charge in [-0.15, -0.1) is 11.3 Å². The van der Waals surface area contributed by atoms with Crippen molar-refractivity contribution in [2.24, 2.45) is 5.92 Å². The van der Waals surface area contributed by atoms with E-state index in [9.17, 15) is 0 Å². The molecule has 0 saturated carbocycles. The predicted molar refractivity (Wildman–Crippen MR) is 54.8 cm³/mol. The molecule has 0 aliphatic carbocycles. The van der Waals surface area contributed by atoms with Gasteiger partial charge in [0.1, 0.15) is 10.9 Å². The SMILES string of the molecule is CC(C)CCNc1ncsc1C#N. The Morgan fingerprint density at radius 2 is 2.46 bits per heavy atom. The van der Waals surface area contributed by atoms with Crippen LogP contribution in [-0.2, 0) is 0 Å². The molecule has 0 radical (unpaired) electrons. The molecule has 0 saturated heterocycles. The summed E-state index contributed by atoms with van der Waals surface area (Å²) in [5.74, 6) is 1.41. The van der Waals surface area contributed by atoms with Gasteiger partial charge in [-0.25, -0.2) is 4.98 Å². The van der Waals surface area contributed by atoms with E-state index in [0.29, 0.717) is 10.8 Å². The average molecular weight is 195 g/mol. The lowest BCUT2D eigenvalue weighted by molar-refractivity contribution is 0.607. The number of nitrogens with one attached hydrogen (secondary N) is 1. The van der Waals surface area contributed by atoms with E-state index in [1.165, 1.54) is 11.3 Å². The van der Waals surface area contributed by atoms with Crippen LogP contribution in [0.3, 0.4) is 0 Å². The molecule has 0 amide bonds. The lowest BCUT2D eigenvalue weighted by Gasteiger charge is -2.05. The van der Waals surface area contributed by atoms with Crippen molar-refractivity contribution in [2.45, 2.75) is 20.3 Å². The third-order valence-electron chi connectivity index (χ3n) is 1.68. The standard InChI is InChI=1S/C9H13N3S/c1-7(2)3-4-11-9-8(5-10)13-6-12-9/h6-7,11H,3-4H2,1-2H3. The third-order valence-corrected chi connectivity index (χ3v) is 2.41. The van der Waals surface area contributed by atoms with Gasteiger partial charge in [0, 0.05) is 6.54 Å². The maximum atomic E-state index is 8.70. The Hall–Kier alpha value is -1.08. The van der Waals surface area contributed by atoms with Gasteiger partial charge in [-0.3, -0.25) is 0 Å². The van der Waals surface area contributed by atoms with Crippen LogP contribution in [0.1, 0.15) is 25.1 Å². The van der Waals surface area contributed by atoms with E-state index in [4.69, 9.17) is 5.26 Å². The van der Waals surface area contributed by atoms with Crippen molar-refractivity contribution < 1.29 is 0 Å². The smallest absolute Gasteiger partial charge is 0.155 e. The molecule has 0 aliphatic rings. The minimum Gasteiger partial charge on any atom is -0.368 e. The van der Waals surface area contributed by atoms with E-state index in [1.807, 2.05) is 0 Å². The van der Waals surface area contributed by atoms with Crippen molar-refractivity contribution >= 4 is 17.2 Å². The van der Waals surface area contributed by atoms with Crippen molar-refractivity contribution in [3.63, 3.8) is 0 Å². The Morgan fingerprint density at radius 3 is 3.08 bits per heavy atom. The lowest BCUT2D eigenvalue weighted by Crippen LogP contribution is -2.05. The number of aromatic nitrogens is 1. The monoisotopic (exact) mass is 195 g/mol. The first-order valence-electron chi connectivity index (χ1n) is 4.31. The number of thiazole rings is 1. The molecule has 3 nitrogen and oxygen atoms in total. The van der Waals surface area contributed by atoms with Crippen LogP contribution in [0.4, 0.5) is 5.82 Å². The number of nitrogens with zero attached hydrogens (tertiary/aromatic N) is 2. The van der Waals surface area contributed by atoms with E-state index in [2.05, 4.69) is 30.2 Å². The topological polar surface area (TPSA) is 48.7 Å². The van der Waals surface area contributed by atoms with Gasteiger partial charge in [-0.1, -0.05) is 13.8 Å². The van der Waals surface area contributed by atoms with Crippen molar-refractivity contribution in [3.8, 4) is 6.07 Å². The van der Waals surface area contributed by atoms with Gasteiger partial charge in [0.2, 0.25) is 0 Å². The maximum Gasteiger partial charge on any atom is 0.155 e. The maximum absolute atomic E-state index is 8.70. The lowest BCUT2D eigenvalue weighted by atomic mass is 10.1. The summed E-state index contributed by atoms with van der Waals surface area (Å²) in [6.07, 6.45) is 1.10. The summed E-state index contributed by atoms with van der Waals surface area (Å²) in [6.45, 7) is 5.23. The second-order valence-corrected chi connectivity index (χ2v) is 4.11. The number of nitriles is 1. The highest BCUT2D eigenvalue weighted by Gasteiger charge is 2.03. The zero-order chi connectivity index (χ0) is 9.68. The molecule has 0 spiro atoms. The molecule has 1 N–H and O–H groups in total. The second-order valence-electron chi connectivity index (χ2n) is 3.25. The van der Waals surface area contributed by atoms with Crippen LogP contribution in [0, 0.1) is 17.2 Å². The van der Waals surface area contributed by atoms with Crippen LogP contribution in [0.15, 0.2) is 5.51 Å². The normalized spacial score (nSPS) is 10.0. The van der Waals surface area contributed by atoms with Crippen molar-refractivity contribution in [1.82, 2.24) is 4.98 Å². The quantitative estimate of drug-likeness (QED) is 0.803. The molecular weight excluding hydrogens is 182 g/mol. The molecule has 70 valence electrons. The van der Waals surface area contributed by atoms with Gasteiger partial charge in [0.05, 0.1) is 5.51 Å². The highest BCUT2D eigenvalue weighted by atomic mass is 32.1. The van der Waals surface area contributed by atoms with Gasteiger partial charge in [0.25, 0.3) is 0 Å². The van der Waals surface area contributed by atoms with Crippen LogP contribution in [0.25, 0.3) is 0 Å². The molecule has 0 atom stereocenters. The van der Waals surface area contributed by atoms with Crippen LogP contribution in [0.5, 0.6) is 0 Å². The highest BCUT2D eigenvalue weighted by Crippen LogP contribution is 2.16. The Bertz CT molecular complexity index is 298. The van der Waals surface area contributed by atoms with Crippen LogP contribution in [-0.4, -0.2) is 11.5 Å². The molecular formula is C9H13N3S. The first-order chi connectivity index (χ1) is 6.24.